The lowest BCUT2D eigenvalue weighted by Gasteiger charge is -2.02. The highest BCUT2D eigenvalue weighted by atomic mass is 16.5. The summed E-state index contributed by atoms with van der Waals surface area (Å²) in [7, 11) is 1.57. The molecule has 0 aliphatic heterocycles. The van der Waals surface area contributed by atoms with Crippen LogP contribution in [0.1, 0.15) is 33.0 Å². The van der Waals surface area contributed by atoms with E-state index in [-0.39, 0.29) is 5.56 Å². The lowest BCUT2D eigenvalue weighted by atomic mass is 10.2. The molecule has 1 aromatic heterocycles. The standard InChI is InChI=1S/C11H12N2O2.C3H8/c1-3-10-12-9-5-4-7(15-2)6-8(9)11(14)13-10;1-3-2/h4-6H,3H2,1-2H3,(H,12,13,14);3H2,1-2H3. The fourth-order valence-corrected chi connectivity index (χ4v) is 1.46. The molecule has 18 heavy (non-hydrogen) atoms. The van der Waals surface area contributed by atoms with Crippen LogP contribution < -0.4 is 10.3 Å². The van der Waals surface area contributed by atoms with E-state index in [0.717, 1.165) is 6.42 Å². The quantitative estimate of drug-likeness (QED) is 0.889. The summed E-state index contributed by atoms with van der Waals surface area (Å²) in [6.07, 6.45) is 1.97. The Morgan fingerprint density at radius 2 is 1.94 bits per heavy atom. The number of aryl methyl sites for hydroxylation is 1. The fraction of sp³-hybridized carbons (Fsp3) is 0.429. The third-order valence-corrected chi connectivity index (χ3v) is 2.30. The highest BCUT2D eigenvalue weighted by Gasteiger charge is 2.03. The highest BCUT2D eigenvalue weighted by Crippen LogP contribution is 2.15. The average molecular weight is 248 g/mol. The lowest BCUT2D eigenvalue weighted by molar-refractivity contribution is 0.415. The number of H-pyrrole nitrogens is 1. The van der Waals surface area contributed by atoms with Crippen molar-refractivity contribution in [1.29, 1.82) is 0 Å². The third-order valence-electron chi connectivity index (χ3n) is 2.30. The Balaban J connectivity index is 0.000000492. The first-order chi connectivity index (χ1) is 8.65. The molecule has 4 heteroatoms. The second kappa shape index (κ2) is 6.79. The van der Waals surface area contributed by atoms with Crippen molar-refractivity contribution in [1.82, 2.24) is 9.97 Å². The van der Waals surface area contributed by atoms with Crippen LogP contribution in [-0.2, 0) is 6.42 Å². The summed E-state index contributed by atoms with van der Waals surface area (Å²) in [5, 5.41) is 0.562. The Morgan fingerprint density at radius 3 is 2.50 bits per heavy atom. The Morgan fingerprint density at radius 1 is 1.28 bits per heavy atom. The van der Waals surface area contributed by atoms with Crippen molar-refractivity contribution in [2.45, 2.75) is 33.6 Å². The molecule has 0 spiro atoms. The smallest absolute Gasteiger partial charge is 0.258 e. The van der Waals surface area contributed by atoms with Crippen molar-refractivity contribution in [3.8, 4) is 5.75 Å². The first kappa shape index (κ1) is 14.2. The minimum Gasteiger partial charge on any atom is -0.497 e. The predicted molar refractivity (Wildman–Crippen MR) is 74.3 cm³/mol. The van der Waals surface area contributed by atoms with E-state index in [4.69, 9.17) is 4.74 Å². The summed E-state index contributed by atoms with van der Waals surface area (Å²) in [4.78, 5) is 18.7. The van der Waals surface area contributed by atoms with E-state index in [1.165, 1.54) is 6.42 Å². The minimum atomic E-state index is -0.115. The van der Waals surface area contributed by atoms with Crippen molar-refractivity contribution in [2.24, 2.45) is 0 Å². The Hall–Kier alpha value is -1.84. The van der Waals surface area contributed by atoms with E-state index in [1.807, 2.05) is 6.92 Å². The largest absolute Gasteiger partial charge is 0.497 e. The van der Waals surface area contributed by atoms with E-state index in [9.17, 15) is 4.79 Å². The third kappa shape index (κ3) is 3.32. The van der Waals surface area contributed by atoms with Gasteiger partial charge in [0.15, 0.2) is 0 Å². The number of hydrogen-bond acceptors (Lipinski definition) is 3. The van der Waals surface area contributed by atoms with Gasteiger partial charge < -0.3 is 9.72 Å². The maximum Gasteiger partial charge on any atom is 0.258 e. The maximum atomic E-state index is 11.7. The molecule has 2 aromatic rings. The molecule has 0 unspecified atom stereocenters. The van der Waals surface area contributed by atoms with Gasteiger partial charge in [0.1, 0.15) is 11.6 Å². The number of ether oxygens (including phenoxy) is 1. The van der Waals surface area contributed by atoms with Crippen molar-refractivity contribution >= 4 is 10.9 Å². The van der Waals surface area contributed by atoms with Crippen LogP contribution in [0, 0.1) is 0 Å². The van der Waals surface area contributed by atoms with Gasteiger partial charge in [0, 0.05) is 6.42 Å². The molecule has 0 bridgehead atoms. The van der Waals surface area contributed by atoms with Gasteiger partial charge in [-0.3, -0.25) is 4.79 Å². The number of aromatic amines is 1. The number of nitrogens with zero attached hydrogens (tertiary/aromatic N) is 1. The van der Waals surface area contributed by atoms with Crippen LogP contribution in [-0.4, -0.2) is 17.1 Å². The van der Waals surface area contributed by atoms with E-state index in [1.54, 1.807) is 25.3 Å². The second-order valence-corrected chi connectivity index (χ2v) is 3.96. The van der Waals surface area contributed by atoms with Gasteiger partial charge in [-0.1, -0.05) is 27.2 Å². The predicted octanol–water partition coefficient (Wildman–Crippen LogP) is 2.91. The van der Waals surface area contributed by atoms with Crippen LogP contribution in [0.3, 0.4) is 0 Å². The van der Waals surface area contributed by atoms with Gasteiger partial charge in [0.2, 0.25) is 0 Å². The molecule has 0 atom stereocenters. The van der Waals surface area contributed by atoms with Crippen molar-refractivity contribution in [3.63, 3.8) is 0 Å². The zero-order valence-electron chi connectivity index (χ0n) is 11.4. The van der Waals surface area contributed by atoms with Gasteiger partial charge in [0.05, 0.1) is 18.0 Å². The van der Waals surface area contributed by atoms with Crippen LogP contribution in [0.4, 0.5) is 0 Å². The van der Waals surface area contributed by atoms with Crippen molar-refractivity contribution in [3.05, 3.63) is 34.4 Å². The van der Waals surface area contributed by atoms with Crippen LogP contribution in [0.2, 0.25) is 0 Å². The number of aromatic nitrogens is 2. The summed E-state index contributed by atoms with van der Waals surface area (Å²) in [6, 6.07) is 5.29. The molecule has 0 saturated heterocycles. The minimum absolute atomic E-state index is 0.115. The van der Waals surface area contributed by atoms with E-state index < -0.39 is 0 Å². The van der Waals surface area contributed by atoms with E-state index in [2.05, 4.69) is 23.8 Å². The van der Waals surface area contributed by atoms with Crippen LogP contribution in [0.5, 0.6) is 5.75 Å². The number of fused-ring (bicyclic) bond motifs is 1. The number of rotatable bonds is 2. The van der Waals surface area contributed by atoms with Crippen LogP contribution in [0.25, 0.3) is 10.9 Å². The normalized spacial score (nSPS) is 9.78. The summed E-state index contributed by atoms with van der Waals surface area (Å²) >= 11 is 0. The number of nitrogens with one attached hydrogen (secondary N) is 1. The number of hydrogen-bond donors (Lipinski definition) is 1. The van der Waals surface area contributed by atoms with Crippen LogP contribution in [0.15, 0.2) is 23.0 Å². The van der Waals surface area contributed by atoms with Gasteiger partial charge in [-0.2, -0.15) is 0 Å². The summed E-state index contributed by atoms with van der Waals surface area (Å²) in [6.45, 7) is 6.20. The van der Waals surface area contributed by atoms with Gasteiger partial charge in [-0.05, 0) is 18.2 Å². The van der Waals surface area contributed by atoms with E-state index >= 15 is 0 Å². The molecule has 0 amide bonds. The molecule has 0 saturated carbocycles. The SMILES string of the molecule is CCC.CCc1nc2ccc(OC)cc2c(=O)[nH]1. The first-order valence-corrected chi connectivity index (χ1v) is 6.23. The molecule has 0 aliphatic carbocycles. The van der Waals surface area contributed by atoms with Crippen molar-refractivity contribution in [2.75, 3.05) is 7.11 Å². The molecule has 1 aromatic carbocycles. The number of methoxy groups -OCH3 is 1. The molecule has 0 radical (unpaired) electrons. The molecule has 2 rings (SSSR count). The molecule has 1 N–H and O–H groups in total. The molecule has 98 valence electrons. The Labute approximate surface area is 107 Å². The fourth-order valence-electron chi connectivity index (χ4n) is 1.46. The van der Waals surface area contributed by atoms with Gasteiger partial charge in [-0.25, -0.2) is 4.98 Å². The van der Waals surface area contributed by atoms with Gasteiger partial charge in [0.25, 0.3) is 5.56 Å². The zero-order valence-corrected chi connectivity index (χ0v) is 11.4. The average Bonchev–Trinajstić information content (AvgIpc) is 2.39. The molecule has 0 fully saturated rings. The topological polar surface area (TPSA) is 55.0 Å². The monoisotopic (exact) mass is 248 g/mol. The summed E-state index contributed by atoms with van der Waals surface area (Å²) < 4.78 is 5.05. The number of benzene rings is 1. The van der Waals surface area contributed by atoms with E-state index in [0.29, 0.717) is 22.5 Å². The lowest BCUT2D eigenvalue weighted by Crippen LogP contribution is -2.11. The Kier molecular flexibility index (Phi) is 5.36. The van der Waals surface area contributed by atoms with Gasteiger partial charge in [-0.15, -0.1) is 0 Å². The first-order valence-electron chi connectivity index (χ1n) is 6.23. The molecule has 4 nitrogen and oxygen atoms in total. The second-order valence-electron chi connectivity index (χ2n) is 3.96. The van der Waals surface area contributed by atoms with Crippen LogP contribution >= 0.6 is 0 Å². The van der Waals surface area contributed by atoms with Crippen molar-refractivity contribution < 1.29 is 4.74 Å². The summed E-state index contributed by atoms with van der Waals surface area (Å²) in [5.74, 6) is 1.37. The molecule has 0 aliphatic rings. The zero-order chi connectivity index (χ0) is 13.5. The Bertz CT molecular complexity index is 561. The molecular formula is C14H20N2O2. The molecular weight excluding hydrogens is 228 g/mol. The maximum absolute atomic E-state index is 11.7. The highest BCUT2D eigenvalue weighted by molar-refractivity contribution is 5.79. The molecule has 1 heterocycles. The van der Waals surface area contributed by atoms with Gasteiger partial charge >= 0.3 is 0 Å². The summed E-state index contributed by atoms with van der Waals surface area (Å²) in [5.41, 5.74) is 0.590.